The molecule has 1 N–H and O–H groups in total. The van der Waals surface area contributed by atoms with Crippen LogP contribution in [0.4, 0.5) is 5.88 Å². The number of rotatable bonds is 6. The number of likely N-dealkylation sites (N-methyl/N-ethyl adjacent to an activating group) is 1. The van der Waals surface area contributed by atoms with Crippen LogP contribution in [0.15, 0.2) is 28.7 Å². The van der Waals surface area contributed by atoms with Crippen LogP contribution in [0.25, 0.3) is 0 Å². The summed E-state index contributed by atoms with van der Waals surface area (Å²) in [6.07, 6.45) is 0. The molecular formula is C19H26N4O2. The summed E-state index contributed by atoms with van der Waals surface area (Å²) in [5.41, 5.74) is 1.19. The molecule has 0 aliphatic heterocycles. The monoisotopic (exact) mass is 342 g/mol. The average molecular weight is 342 g/mol. The minimum atomic E-state index is -0.248. The number of hydrogen-bond donors (Lipinski definition) is 1. The summed E-state index contributed by atoms with van der Waals surface area (Å²) in [6, 6.07) is 10.2. The van der Waals surface area contributed by atoms with Crippen molar-refractivity contribution < 1.29 is 9.15 Å². The van der Waals surface area contributed by atoms with Gasteiger partial charge in [-0.25, -0.2) is 0 Å². The van der Waals surface area contributed by atoms with Crippen molar-refractivity contribution in [3.8, 4) is 11.8 Å². The maximum atomic E-state index is 9.31. The van der Waals surface area contributed by atoms with E-state index >= 15 is 0 Å². The molecular weight excluding hydrogens is 316 g/mol. The summed E-state index contributed by atoms with van der Waals surface area (Å²) in [6.45, 7) is 6.60. The second-order valence-corrected chi connectivity index (χ2v) is 7.19. The molecule has 1 aromatic carbocycles. The molecule has 0 saturated heterocycles. The van der Waals surface area contributed by atoms with Crippen molar-refractivity contribution in [2.75, 3.05) is 33.1 Å². The quantitative estimate of drug-likeness (QED) is 0.865. The highest BCUT2D eigenvalue weighted by atomic mass is 16.5. The Morgan fingerprint density at radius 1 is 1.28 bits per heavy atom. The highest BCUT2D eigenvalue weighted by molar-refractivity contribution is 5.46. The molecule has 6 heteroatoms. The molecule has 2 rings (SSSR count). The lowest BCUT2D eigenvalue weighted by atomic mass is 9.97. The molecule has 0 saturated carbocycles. The molecule has 1 atom stereocenters. The van der Waals surface area contributed by atoms with Gasteiger partial charge in [0.2, 0.25) is 17.5 Å². The van der Waals surface area contributed by atoms with Gasteiger partial charge >= 0.3 is 0 Å². The smallest absolute Gasteiger partial charge is 0.232 e. The van der Waals surface area contributed by atoms with E-state index in [-0.39, 0.29) is 17.2 Å². The van der Waals surface area contributed by atoms with Crippen LogP contribution in [-0.2, 0) is 5.41 Å². The van der Waals surface area contributed by atoms with Gasteiger partial charge in [-0.3, -0.25) is 0 Å². The molecule has 0 fully saturated rings. The lowest BCUT2D eigenvalue weighted by molar-refractivity contribution is 0.309. The van der Waals surface area contributed by atoms with E-state index in [9.17, 15) is 5.26 Å². The molecule has 0 bridgehead atoms. The maximum absolute atomic E-state index is 9.31. The van der Waals surface area contributed by atoms with Gasteiger partial charge in [0.05, 0.1) is 13.2 Å². The zero-order valence-electron chi connectivity index (χ0n) is 15.8. The normalized spacial score (nSPS) is 12.7. The number of anilines is 1. The predicted octanol–water partition coefficient (Wildman–Crippen LogP) is 3.57. The highest BCUT2D eigenvalue weighted by Crippen LogP contribution is 2.28. The fourth-order valence-electron chi connectivity index (χ4n) is 2.45. The Kier molecular flexibility index (Phi) is 5.70. The topological polar surface area (TPSA) is 74.3 Å². The number of nitrogens with one attached hydrogen (secondary N) is 1. The molecule has 2 aromatic rings. The first-order chi connectivity index (χ1) is 11.8. The van der Waals surface area contributed by atoms with E-state index in [0.29, 0.717) is 18.3 Å². The lowest BCUT2D eigenvalue weighted by Crippen LogP contribution is -2.26. The number of nitrogens with zero attached hydrogens (tertiary/aromatic N) is 3. The summed E-state index contributed by atoms with van der Waals surface area (Å²) in [5, 5.41) is 12.6. The van der Waals surface area contributed by atoms with Gasteiger partial charge in [0.25, 0.3) is 0 Å². The minimum Gasteiger partial charge on any atom is -0.497 e. The van der Waals surface area contributed by atoms with Gasteiger partial charge in [-0.2, -0.15) is 10.2 Å². The van der Waals surface area contributed by atoms with Crippen molar-refractivity contribution in [2.24, 2.45) is 0 Å². The molecule has 0 spiro atoms. The molecule has 0 radical (unpaired) electrons. The van der Waals surface area contributed by atoms with Crippen molar-refractivity contribution in [3.63, 3.8) is 0 Å². The van der Waals surface area contributed by atoms with Crippen molar-refractivity contribution >= 4 is 5.88 Å². The van der Waals surface area contributed by atoms with E-state index < -0.39 is 0 Å². The average Bonchev–Trinajstić information content (AvgIpc) is 2.99. The Hall–Kier alpha value is -2.52. The first kappa shape index (κ1) is 18.8. The predicted molar refractivity (Wildman–Crippen MR) is 97.8 cm³/mol. The summed E-state index contributed by atoms with van der Waals surface area (Å²) >= 11 is 0. The van der Waals surface area contributed by atoms with Gasteiger partial charge in [0.1, 0.15) is 11.8 Å². The number of benzene rings is 1. The van der Waals surface area contributed by atoms with Crippen molar-refractivity contribution in [2.45, 2.75) is 32.2 Å². The van der Waals surface area contributed by atoms with Crippen LogP contribution >= 0.6 is 0 Å². The van der Waals surface area contributed by atoms with Crippen molar-refractivity contribution in [3.05, 3.63) is 41.4 Å². The van der Waals surface area contributed by atoms with E-state index in [0.717, 1.165) is 11.3 Å². The summed E-state index contributed by atoms with van der Waals surface area (Å²) in [7, 11) is 5.69. The molecule has 134 valence electrons. The fraction of sp³-hybridized carbons (Fsp3) is 0.474. The fourth-order valence-corrected chi connectivity index (χ4v) is 2.45. The molecule has 0 unspecified atom stereocenters. The van der Waals surface area contributed by atoms with Crippen LogP contribution in [-0.4, -0.2) is 37.6 Å². The number of hydrogen-bond acceptors (Lipinski definition) is 6. The standard InChI is InChI=1S/C19H26N4O2/c1-19(2,3)18-22-15(11-20)17(25-18)21-12-16(23(4)5)13-7-9-14(24-6)10-8-13/h7-10,16,21H,12H2,1-6H3/t16-/m1/s1. The van der Waals surface area contributed by atoms with Crippen molar-refractivity contribution in [1.82, 2.24) is 9.88 Å². The van der Waals surface area contributed by atoms with E-state index in [4.69, 9.17) is 9.15 Å². The molecule has 0 amide bonds. The Bertz CT molecular complexity index is 736. The maximum Gasteiger partial charge on any atom is 0.232 e. The van der Waals surface area contributed by atoms with Crippen LogP contribution < -0.4 is 10.1 Å². The Labute approximate surface area is 149 Å². The molecule has 25 heavy (non-hydrogen) atoms. The van der Waals surface area contributed by atoms with Crippen LogP contribution in [0.2, 0.25) is 0 Å². The first-order valence-electron chi connectivity index (χ1n) is 8.22. The third kappa shape index (κ3) is 4.52. The molecule has 6 nitrogen and oxygen atoms in total. The third-order valence-electron chi connectivity index (χ3n) is 3.95. The number of methoxy groups -OCH3 is 1. The van der Waals surface area contributed by atoms with Crippen LogP contribution in [0.5, 0.6) is 5.75 Å². The molecule has 1 heterocycles. The van der Waals surface area contributed by atoms with Crippen LogP contribution in [0, 0.1) is 11.3 Å². The molecule has 1 aromatic heterocycles. The van der Waals surface area contributed by atoms with Gasteiger partial charge in [0.15, 0.2) is 0 Å². The Morgan fingerprint density at radius 2 is 1.92 bits per heavy atom. The summed E-state index contributed by atoms with van der Waals surface area (Å²) in [5.74, 6) is 1.80. The van der Waals surface area contributed by atoms with E-state index in [1.165, 1.54) is 0 Å². The third-order valence-corrected chi connectivity index (χ3v) is 3.95. The van der Waals surface area contributed by atoms with Crippen molar-refractivity contribution in [1.29, 1.82) is 5.26 Å². The van der Waals surface area contributed by atoms with Gasteiger partial charge in [-0.1, -0.05) is 32.9 Å². The number of oxazole rings is 1. The van der Waals surface area contributed by atoms with E-state index in [2.05, 4.69) is 21.3 Å². The Morgan fingerprint density at radius 3 is 2.40 bits per heavy atom. The summed E-state index contributed by atoms with van der Waals surface area (Å²) < 4.78 is 11.0. The van der Waals surface area contributed by atoms with E-state index in [1.807, 2.05) is 59.1 Å². The number of aromatic nitrogens is 1. The minimum absolute atomic E-state index is 0.112. The van der Waals surface area contributed by atoms with Crippen LogP contribution in [0.3, 0.4) is 0 Å². The largest absolute Gasteiger partial charge is 0.497 e. The molecule has 0 aliphatic carbocycles. The Balaban J connectivity index is 2.19. The summed E-state index contributed by atoms with van der Waals surface area (Å²) in [4.78, 5) is 6.41. The molecule has 0 aliphatic rings. The zero-order valence-corrected chi connectivity index (χ0v) is 15.8. The second kappa shape index (κ2) is 7.58. The second-order valence-electron chi connectivity index (χ2n) is 7.19. The lowest BCUT2D eigenvalue weighted by Gasteiger charge is -2.25. The van der Waals surface area contributed by atoms with E-state index in [1.54, 1.807) is 7.11 Å². The van der Waals surface area contributed by atoms with Crippen LogP contribution in [0.1, 0.15) is 44.0 Å². The SMILES string of the molecule is COc1ccc([C@@H](CNc2oc(C(C)(C)C)nc2C#N)N(C)C)cc1. The van der Waals surface area contributed by atoms with Gasteiger partial charge in [0, 0.05) is 12.0 Å². The zero-order chi connectivity index (χ0) is 18.6. The van der Waals surface area contributed by atoms with Gasteiger partial charge < -0.3 is 19.4 Å². The number of ether oxygens (including phenoxy) is 1. The first-order valence-corrected chi connectivity index (χ1v) is 8.22. The number of nitriles is 1. The highest BCUT2D eigenvalue weighted by Gasteiger charge is 2.24. The van der Waals surface area contributed by atoms with Gasteiger partial charge in [-0.05, 0) is 31.8 Å². The van der Waals surface area contributed by atoms with Gasteiger partial charge in [-0.15, -0.1) is 0 Å².